The van der Waals surface area contributed by atoms with E-state index in [-0.39, 0.29) is 16.3 Å². The Morgan fingerprint density at radius 2 is 1.41 bits per heavy atom. The van der Waals surface area contributed by atoms with Crippen LogP contribution in [0, 0.1) is 40.9 Å². The smallest absolute Gasteiger partial charge is 0.195 e. The molecule has 0 unspecified atom stereocenters. The highest BCUT2D eigenvalue weighted by Crippen LogP contribution is 2.26. The van der Waals surface area contributed by atoms with E-state index in [1.165, 1.54) is 30.3 Å². The van der Waals surface area contributed by atoms with Crippen LogP contribution in [0.4, 0.5) is 22.0 Å². The minimum Gasteiger partial charge on any atom is -0.205 e. The van der Waals surface area contributed by atoms with Crippen molar-refractivity contribution < 1.29 is 22.0 Å². The van der Waals surface area contributed by atoms with Crippen LogP contribution < -0.4 is 0 Å². The van der Waals surface area contributed by atoms with Crippen molar-refractivity contribution in [3.63, 3.8) is 0 Å². The van der Waals surface area contributed by atoms with Gasteiger partial charge in [0.2, 0.25) is 0 Å². The van der Waals surface area contributed by atoms with Gasteiger partial charge >= 0.3 is 0 Å². The summed E-state index contributed by atoms with van der Waals surface area (Å²) in [6.45, 7) is 1.96. The van der Waals surface area contributed by atoms with Gasteiger partial charge in [-0.05, 0) is 72.2 Å². The summed E-state index contributed by atoms with van der Waals surface area (Å²) in [6, 6.07) is 14.7. The molecule has 34 heavy (non-hydrogen) atoms. The fourth-order valence-corrected chi connectivity index (χ4v) is 3.66. The van der Waals surface area contributed by atoms with Gasteiger partial charge in [0.1, 0.15) is 11.6 Å². The lowest BCUT2D eigenvalue weighted by Gasteiger charge is -2.06. The second-order valence-electron chi connectivity index (χ2n) is 7.79. The van der Waals surface area contributed by atoms with Crippen LogP contribution in [0.2, 0.25) is 0 Å². The van der Waals surface area contributed by atoms with Crippen LogP contribution in [0.1, 0.15) is 30.0 Å². The normalized spacial score (nSPS) is 11.1. The first-order valence-corrected chi connectivity index (χ1v) is 10.7. The zero-order valence-electron chi connectivity index (χ0n) is 18.2. The topological polar surface area (TPSA) is 0 Å². The summed E-state index contributed by atoms with van der Waals surface area (Å²) in [6.07, 6.45) is 5.87. The highest BCUT2D eigenvalue weighted by molar-refractivity contribution is 5.84. The molecule has 0 atom stereocenters. The predicted molar refractivity (Wildman–Crippen MR) is 125 cm³/mol. The molecule has 0 saturated carbocycles. The second kappa shape index (κ2) is 9.93. The Kier molecular flexibility index (Phi) is 6.79. The molecule has 0 bridgehead atoms. The van der Waals surface area contributed by atoms with Crippen LogP contribution >= 0.6 is 0 Å². The Morgan fingerprint density at radius 3 is 2.09 bits per heavy atom. The number of aryl methyl sites for hydroxylation is 1. The quantitative estimate of drug-likeness (QED) is 0.124. The van der Waals surface area contributed by atoms with Crippen molar-refractivity contribution in [2.45, 2.75) is 19.8 Å². The Bertz CT molecular complexity index is 1430. The first-order chi connectivity index (χ1) is 16.4. The number of hydrogen-bond donors (Lipinski definition) is 0. The summed E-state index contributed by atoms with van der Waals surface area (Å²) < 4.78 is 70.2. The van der Waals surface area contributed by atoms with Gasteiger partial charge in [-0.1, -0.05) is 54.3 Å². The Hall–Kier alpha value is -3.91. The van der Waals surface area contributed by atoms with Gasteiger partial charge in [0, 0.05) is 10.9 Å². The van der Waals surface area contributed by atoms with Gasteiger partial charge in [-0.3, -0.25) is 0 Å². The highest BCUT2D eigenvalue weighted by atomic mass is 19.2. The SMILES string of the molecule is C/C=C/CCc1ccc(-c2cc(F)c(C#Cc3ccc4c(F)c(F)c(F)cc4c3)c(F)c2)cc1. The zero-order chi connectivity index (χ0) is 24.2. The molecule has 0 aliphatic heterocycles. The Morgan fingerprint density at radius 1 is 0.706 bits per heavy atom. The van der Waals surface area contributed by atoms with Gasteiger partial charge in [0.15, 0.2) is 17.5 Å². The molecule has 0 amide bonds. The molecule has 4 rings (SSSR count). The number of halogens is 5. The third kappa shape index (κ3) is 4.87. The number of allylic oxidation sites excluding steroid dienone is 2. The summed E-state index contributed by atoms with van der Waals surface area (Å²) in [5.41, 5.74) is 2.05. The van der Waals surface area contributed by atoms with Gasteiger partial charge in [0.05, 0.1) is 5.56 Å². The van der Waals surface area contributed by atoms with Crippen molar-refractivity contribution in [1.82, 2.24) is 0 Å². The molecular weight excluding hydrogens is 443 g/mol. The predicted octanol–water partition coefficient (Wildman–Crippen LogP) is 8.11. The number of benzene rings is 4. The number of hydrogen-bond acceptors (Lipinski definition) is 0. The molecule has 0 N–H and O–H groups in total. The minimum absolute atomic E-state index is 0.0913. The Balaban J connectivity index is 1.61. The molecule has 5 heteroatoms. The molecule has 4 aromatic rings. The van der Waals surface area contributed by atoms with Crippen molar-refractivity contribution in [2.75, 3.05) is 0 Å². The summed E-state index contributed by atoms with van der Waals surface area (Å²) in [5, 5.41) is -0.0207. The molecule has 0 nitrogen and oxygen atoms in total. The molecule has 0 heterocycles. The second-order valence-corrected chi connectivity index (χ2v) is 7.79. The van der Waals surface area contributed by atoms with Crippen molar-refractivity contribution in [3.8, 4) is 23.0 Å². The van der Waals surface area contributed by atoms with E-state index >= 15 is 0 Å². The Labute approximate surface area is 194 Å². The third-order valence-corrected chi connectivity index (χ3v) is 5.47. The van der Waals surface area contributed by atoms with E-state index in [2.05, 4.69) is 17.9 Å². The molecule has 0 radical (unpaired) electrons. The molecule has 4 aromatic carbocycles. The number of fused-ring (bicyclic) bond motifs is 1. The van der Waals surface area contributed by atoms with Crippen LogP contribution in [0.25, 0.3) is 21.9 Å². The molecule has 0 aliphatic carbocycles. The van der Waals surface area contributed by atoms with E-state index in [0.29, 0.717) is 11.1 Å². The largest absolute Gasteiger partial charge is 0.205 e. The standard InChI is InChI=1S/C29H19F5/c1-2-3-4-5-18-6-10-20(11-7-18)21-15-25(30)24(26(31)16-21)13-9-19-8-12-23-22(14-19)17-27(32)29(34)28(23)33/h2-3,6-8,10-12,14-17H,4-5H2,1H3/b3-2+. The van der Waals surface area contributed by atoms with E-state index in [9.17, 15) is 22.0 Å². The molecule has 0 fully saturated rings. The monoisotopic (exact) mass is 462 g/mol. The molecule has 170 valence electrons. The van der Waals surface area contributed by atoms with E-state index in [1.54, 1.807) is 0 Å². The fraction of sp³-hybridized carbons (Fsp3) is 0.103. The van der Waals surface area contributed by atoms with Crippen LogP contribution in [0.15, 0.2) is 72.8 Å². The van der Waals surface area contributed by atoms with Crippen LogP contribution in [-0.2, 0) is 6.42 Å². The van der Waals surface area contributed by atoms with Crippen LogP contribution in [0.3, 0.4) is 0 Å². The highest BCUT2D eigenvalue weighted by Gasteiger charge is 2.14. The van der Waals surface area contributed by atoms with Gasteiger partial charge in [-0.15, -0.1) is 0 Å². The van der Waals surface area contributed by atoms with Crippen LogP contribution in [0.5, 0.6) is 0 Å². The summed E-state index contributed by atoms with van der Waals surface area (Å²) in [4.78, 5) is 0. The van der Waals surface area contributed by atoms with E-state index in [4.69, 9.17) is 0 Å². The molecule has 0 saturated heterocycles. The third-order valence-electron chi connectivity index (χ3n) is 5.47. The molecular formula is C29H19F5. The number of rotatable bonds is 4. The summed E-state index contributed by atoms with van der Waals surface area (Å²) in [7, 11) is 0. The maximum absolute atomic E-state index is 14.7. The van der Waals surface area contributed by atoms with Crippen molar-refractivity contribution >= 4 is 10.8 Å². The first kappa shape index (κ1) is 23.3. The van der Waals surface area contributed by atoms with Gasteiger partial charge in [-0.2, -0.15) is 0 Å². The van der Waals surface area contributed by atoms with Gasteiger partial charge in [0.25, 0.3) is 0 Å². The molecule has 0 aromatic heterocycles. The summed E-state index contributed by atoms with van der Waals surface area (Å²) >= 11 is 0. The van der Waals surface area contributed by atoms with Crippen molar-refractivity contribution in [2.24, 2.45) is 0 Å². The lowest BCUT2D eigenvalue weighted by molar-refractivity contribution is 0.453. The molecule has 0 spiro atoms. The first-order valence-electron chi connectivity index (χ1n) is 10.7. The molecule has 0 aliphatic rings. The van der Waals surface area contributed by atoms with E-state index in [0.717, 1.165) is 24.5 Å². The fourth-order valence-electron chi connectivity index (χ4n) is 3.66. The van der Waals surface area contributed by atoms with Gasteiger partial charge in [-0.25, -0.2) is 22.0 Å². The van der Waals surface area contributed by atoms with Crippen LogP contribution in [-0.4, -0.2) is 0 Å². The van der Waals surface area contributed by atoms with Crippen molar-refractivity contribution in [3.05, 3.63) is 119 Å². The minimum atomic E-state index is -1.56. The zero-order valence-corrected chi connectivity index (χ0v) is 18.2. The maximum Gasteiger partial charge on any atom is 0.195 e. The summed E-state index contributed by atoms with van der Waals surface area (Å²) in [5.74, 6) is -0.763. The average Bonchev–Trinajstić information content (AvgIpc) is 2.82. The van der Waals surface area contributed by atoms with E-state index < -0.39 is 34.6 Å². The average molecular weight is 462 g/mol. The van der Waals surface area contributed by atoms with E-state index in [1.807, 2.05) is 37.3 Å². The lowest BCUT2D eigenvalue weighted by atomic mass is 10.00. The van der Waals surface area contributed by atoms with Gasteiger partial charge < -0.3 is 0 Å². The lowest BCUT2D eigenvalue weighted by Crippen LogP contribution is -1.94. The van der Waals surface area contributed by atoms with Crippen molar-refractivity contribution in [1.29, 1.82) is 0 Å². The maximum atomic E-state index is 14.7.